The summed E-state index contributed by atoms with van der Waals surface area (Å²) in [6, 6.07) is 0. The lowest BCUT2D eigenvalue weighted by Crippen LogP contribution is -2.59. The van der Waals surface area contributed by atoms with Gasteiger partial charge >= 0.3 is 11.9 Å². The Labute approximate surface area is 372 Å². The van der Waals surface area contributed by atoms with E-state index in [0.717, 1.165) is 38.5 Å². The van der Waals surface area contributed by atoms with Gasteiger partial charge in [-0.1, -0.05) is 198 Å². The average molecular weight is 865 g/mol. The van der Waals surface area contributed by atoms with Crippen LogP contribution in [-0.4, -0.2) is 89.0 Å². The molecule has 0 spiro atoms. The van der Waals surface area contributed by atoms with Crippen molar-refractivity contribution >= 4 is 11.9 Å². The maximum absolute atomic E-state index is 12.8. The second kappa shape index (κ2) is 41.9. The number of hydrogen-bond acceptors (Lipinski definition) is 10. The zero-order valence-electron chi connectivity index (χ0n) is 38.9. The molecule has 61 heavy (non-hydrogen) atoms. The second-order valence-electron chi connectivity index (χ2n) is 17.3. The van der Waals surface area contributed by atoms with Crippen molar-refractivity contribution in [3.63, 3.8) is 0 Å². The van der Waals surface area contributed by atoms with Crippen LogP contribution in [0.15, 0.2) is 36.5 Å². The highest BCUT2D eigenvalue weighted by atomic mass is 16.7. The molecule has 1 aliphatic rings. The molecule has 10 heteroatoms. The van der Waals surface area contributed by atoms with E-state index in [-0.39, 0.29) is 32.0 Å². The van der Waals surface area contributed by atoms with Gasteiger partial charge in [-0.05, 0) is 44.9 Å². The normalized spacial score (nSPS) is 20.0. The van der Waals surface area contributed by atoms with Crippen molar-refractivity contribution < 1.29 is 49.0 Å². The van der Waals surface area contributed by atoms with Crippen LogP contribution in [0.5, 0.6) is 0 Å². The number of aliphatic hydroxyl groups is 4. The van der Waals surface area contributed by atoms with E-state index in [9.17, 15) is 30.0 Å². The zero-order chi connectivity index (χ0) is 44.4. The van der Waals surface area contributed by atoms with Crippen LogP contribution in [-0.2, 0) is 28.5 Å². The third-order valence-electron chi connectivity index (χ3n) is 11.5. The summed E-state index contributed by atoms with van der Waals surface area (Å²) in [7, 11) is 0. The van der Waals surface area contributed by atoms with Crippen molar-refractivity contribution in [3.05, 3.63) is 36.5 Å². The van der Waals surface area contributed by atoms with Crippen LogP contribution in [0.4, 0.5) is 0 Å². The van der Waals surface area contributed by atoms with Gasteiger partial charge in [0.05, 0.1) is 13.2 Å². The molecule has 356 valence electrons. The highest BCUT2D eigenvalue weighted by molar-refractivity contribution is 5.70. The molecule has 4 N–H and O–H groups in total. The number of hydrogen-bond donors (Lipinski definition) is 4. The Morgan fingerprint density at radius 2 is 0.934 bits per heavy atom. The first-order valence-electron chi connectivity index (χ1n) is 25.1. The lowest BCUT2D eigenvalue weighted by Gasteiger charge is -2.39. The first kappa shape index (κ1) is 56.9. The molecule has 6 atom stereocenters. The van der Waals surface area contributed by atoms with E-state index >= 15 is 0 Å². The SMILES string of the molecule is CCCCCCCC/C=C/C/C=C/C/C=C/CCCC(=O)O[C@@H](COC(=O)CCCCCCCCCCCCCCCCCCCCC)CO[C@H]1O[C@@H](CO)[C@@H](O)C(O)C1O. The number of ether oxygens (including phenoxy) is 4. The molecule has 0 aliphatic carbocycles. The molecule has 0 amide bonds. The lowest BCUT2D eigenvalue weighted by atomic mass is 9.99. The fraction of sp³-hybridized carbons (Fsp3) is 0.843. The van der Waals surface area contributed by atoms with E-state index in [4.69, 9.17) is 18.9 Å². The molecule has 0 aromatic heterocycles. The van der Waals surface area contributed by atoms with E-state index in [0.29, 0.717) is 12.8 Å². The largest absolute Gasteiger partial charge is 0.462 e. The molecule has 0 aromatic rings. The van der Waals surface area contributed by atoms with Gasteiger partial charge in [0, 0.05) is 12.8 Å². The van der Waals surface area contributed by atoms with Gasteiger partial charge in [0.2, 0.25) is 0 Å². The summed E-state index contributed by atoms with van der Waals surface area (Å²) in [5, 5.41) is 40.1. The Bertz CT molecular complexity index is 1090. The van der Waals surface area contributed by atoms with Gasteiger partial charge in [-0.3, -0.25) is 9.59 Å². The van der Waals surface area contributed by atoms with Gasteiger partial charge in [-0.2, -0.15) is 0 Å². The highest BCUT2D eigenvalue weighted by Gasteiger charge is 2.44. The molecule has 1 saturated heterocycles. The minimum absolute atomic E-state index is 0.160. The van der Waals surface area contributed by atoms with Gasteiger partial charge in [-0.25, -0.2) is 0 Å². The number of carbonyl (C=O) groups is 2. The van der Waals surface area contributed by atoms with E-state index in [1.54, 1.807) is 0 Å². The summed E-state index contributed by atoms with van der Waals surface area (Å²) in [6.07, 6.45) is 41.6. The summed E-state index contributed by atoms with van der Waals surface area (Å²) >= 11 is 0. The van der Waals surface area contributed by atoms with Crippen molar-refractivity contribution in [2.75, 3.05) is 19.8 Å². The predicted molar refractivity (Wildman–Crippen MR) is 247 cm³/mol. The van der Waals surface area contributed by atoms with E-state index in [1.807, 2.05) is 6.08 Å². The van der Waals surface area contributed by atoms with Crippen LogP contribution in [0.3, 0.4) is 0 Å². The number of unbranched alkanes of at least 4 members (excludes halogenated alkanes) is 25. The standard InChI is InChI=1S/C51H92O10/c1-3-5-7-9-11-13-15-17-19-21-22-24-25-27-29-31-33-35-37-39-46(53)58-42-44(43-59-51-50(57)49(56)48(55)45(41-52)61-51)60-47(54)40-38-36-34-32-30-28-26-23-20-18-16-14-12-10-8-6-4-2/h18,20,26,28,32,34,44-45,48-52,55-57H,3-17,19,21-25,27,29-31,33,35-43H2,1-2H3/b20-18+,28-26+,34-32+/t44-,45-,48+,49?,50?,51-/m0/s1. The molecule has 2 unspecified atom stereocenters. The van der Waals surface area contributed by atoms with Crippen molar-refractivity contribution in [1.29, 1.82) is 0 Å². The monoisotopic (exact) mass is 865 g/mol. The van der Waals surface area contributed by atoms with Crippen LogP contribution in [0, 0.1) is 0 Å². The first-order valence-corrected chi connectivity index (χ1v) is 25.1. The fourth-order valence-corrected chi connectivity index (χ4v) is 7.56. The smallest absolute Gasteiger partial charge is 0.306 e. The molecule has 1 fully saturated rings. The Morgan fingerprint density at radius 1 is 0.508 bits per heavy atom. The first-order chi connectivity index (χ1) is 29.8. The third kappa shape index (κ3) is 33.1. The molecule has 0 saturated carbocycles. The van der Waals surface area contributed by atoms with Crippen molar-refractivity contribution in [3.8, 4) is 0 Å². The number of allylic oxidation sites excluding steroid dienone is 6. The van der Waals surface area contributed by atoms with E-state index in [2.05, 4.69) is 44.2 Å². The summed E-state index contributed by atoms with van der Waals surface area (Å²) in [5.41, 5.74) is 0. The van der Waals surface area contributed by atoms with Crippen LogP contribution < -0.4 is 0 Å². The highest BCUT2D eigenvalue weighted by Crippen LogP contribution is 2.23. The molecule has 0 aromatic carbocycles. The predicted octanol–water partition coefficient (Wildman–Crippen LogP) is 11.4. The summed E-state index contributed by atoms with van der Waals surface area (Å²) in [5.74, 6) is -0.859. The van der Waals surface area contributed by atoms with Gasteiger partial charge in [-0.15, -0.1) is 0 Å². The maximum Gasteiger partial charge on any atom is 0.306 e. The fourth-order valence-electron chi connectivity index (χ4n) is 7.56. The second-order valence-corrected chi connectivity index (χ2v) is 17.3. The van der Waals surface area contributed by atoms with E-state index < -0.39 is 49.4 Å². The van der Waals surface area contributed by atoms with Crippen LogP contribution >= 0.6 is 0 Å². The Kier molecular flexibility index (Phi) is 39.1. The van der Waals surface area contributed by atoms with Gasteiger partial charge in [0.15, 0.2) is 12.4 Å². The summed E-state index contributed by atoms with van der Waals surface area (Å²) in [4.78, 5) is 25.4. The number of carbonyl (C=O) groups excluding carboxylic acids is 2. The third-order valence-corrected chi connectivity index (χ3v) is 11.5. The Hall–Kier alpha value is -2.08. The summed E-state index contributed by atoms with van der Waals surface area (Å²) in [6.45, 7) is 3.39. The lowest BCUT2D eigenvalue weighted by molar-refractivity contribution is -0.305. The molecule has 0 radical (unpaired) electrons. The maximum atomic E-state index is 12.8. The minimum atomic E-state index is -1.60. The minimum Gasteiger partial charge on any atom is -0.462 e. The molecular weight excluding hydrogens is 773 g/mol. The number of esters is 2. The molecule has 1 heterocycles. The molecule has 1 aliphatic heterocycles. The van der Waals surface area contributed by atoms with Gasteiger partial charge < -0.3 is 39.4 Å². The molecule has 1 rings (SSSR count). The van der Waals surface area contributed by atoms with Crippen molar-refractivity contribution in [2.45, 2.75) is 256 Å². The van der Waals surface area contributed by atoms with Crippen LogP contribution in [0.1, 0.15) is 219 Å². The van der Waals surface area contributed by atoms with Crippen molar-refractivity contribution in [2.24, 2.45) is 0 Å². The molecular formula is C51H92O10. The summed E-state index contributed by atoms with van der Waals surface area (Å²) < 4.78 is 22.2. The molecule has 10 nitrogen and oxygen atoms in total. The van der Waals surface area contributed by atoms with Crippen LogP contribution in [0.2, 0.25) is 0 Å². The number of rotatable bonds is 42. The van der Waals surface area contributed by atoms with Gasteiger partial charge in [0.1, 0.15) is 31.0 Å². The van der Waals surface area contributed by atoms with Crippen LogP contribution in [0.25, 0.3) is 0 Å². The Balaban J connectivity index is 2.30. The zero-order valence-corrected chi connectivity index (χ0v) is 38.9. The van der Waals surface area contributed by atoms with E-state index in [1.165, 1.54) is 141 Å². The average Bonchev–Trinajstić information content (AvgIpc) is 3.26. The topological polar surface area (TPSA) is 152 Å². The quantitative estimate of drug-likeness (QED) is 0.0265. The van der Waals surface area contributed by atoms with Gasteiger partial charge in [0.25, 0.3) is 0 Å². The number of aliphatic hydroxyl groups excluding tert-OH is 4. The van der Waals surface area contributed by atoms with Crippen molar-refractivity contribution in [1.82, 2.24) is 0 Å². The molecule has 0 bridgehead atoms. The Morgan fingerprint density at radius 3 is 1.43 bits per heavy atom.